The molecule has 0 aliphatic heterocycles. The summed E-state index contributed by atoms with van der Waals surface area (Å²) in [5.41, 5.74) is 6.52. The van der Waals surface area contributed by atoms with Crippen LogP contribution in [-0.4, -0.2) is 15.8 Å². The van der Waals surface area contributed by atoms with Gasteiger partial charge in [0.05, 0.1) is 16.1 Å². The maximum absolute atomic E-state index is 12.4. The van der Waals surface area contributed by atoms with E-state index in [1.165, 1.54) is 12.1 Å². The van der Waals surface area contributed by atoms with Crippen molar-refractivity contribution >= 4 is 45.5 Å². The number of rotatable bonds is 3. The molecule has 0 aliphatic carbocycles. The second-order valence-electron chi connectivity index (χ2n) is 5.00. The Balaban J connectivity index is 1.96. The average Bonchev–Trinajstić information content (AvgIpc) is 2.54. The average molecular weight is 343 g/mol. The number of nitrogens with one attached hydrogen (secondary N) is 1. The van der Waals surface area contributed by atoms with E-state index < -0.39 is 10.8 Å². The van der Waals surface area contributed by atoms with Crippen LogP contribution in [0.3, 0.4) is 0 Å². The number of fused-ring (bicyclic) bond motifs is 1. The summed E-state index contributed by atoms with van der Waals surface area (Å²) in [6, 6.07) is 10.7. The van der Waals surface area contributed by atoms with Crippen LogP contribution in [0.2, 0.25) is 5.02 Å². The van der Waals surface area contributed by atoms with E-state index in [1.807, 2.05) is 0 Å². The first-order chi connectivity index (χ1) is 11.5. The number of amides is 1. The second kappa shape index (κ2) is 6.13. The van der Waals surface area contributed by atoms with Gasteiger partial charge in [0.2, 0.25) is 0 Å². The zero-order valence-corrected chi connectivity index (χ0v) is 12.9. The summed E-state index contributed by atoms with van der Waals surface area (Å²) in [6.07, 6.45) is 1.54. The molecule has 0 fully saturated rings. The Bertz CT molecular complexity index is 975. The number of nitrogens with zero attached hydrogens (tertiary/aromatic N) is 2. The van der Waals surface area contributed by atoms with Gasteiger partial charge in [-0.2, -0.15) is 0 Å². The predicted octanol–water partition coefficient (Wildman–Crippen LogP) is 3.63. The first-order valence-corrected chi connectivity index (χ1v) is 7.23. The fourth-order valence-electron chi connectivity index (χ4n) is 2.27. The van der Waals surface area contributed by atoms with Crippen molar-refractivity contribution in [1.29, 1.82) is 0 Å². The molecule has 0 spiro atoms. The van der Waals surface area contributed by atoms with E-state index in [9.17, 15) is 14.9 Å². The number of nitrogens with two attached hydrogens (primary N) is 1. The highest BCUT2D eigenvalue weighted by Crippen LogP contribution is 2.26. The molecule has 0 unspecified atom stereocenters. The van der Waals surface area contributed by atoms with Gasteiger partial charge in [0, 0.05) is 28.2 Å². The van der Waals surface area contributed by atoms with E-state index in [0.29, 0.717) is 21.6 Å². The molecular weight excluding hydrogens is 332 g/mol. The Morgan fingerprint density at radius 1 is 1.21 bits per heavy atom. The largest absolute Gasteiger partial charge is 0.393 e. The molecule has 3 rings (SSSR count). The van der Waals surface area contributed by atoms with Crippen molar-refractivity contribution in [2.45, 2.75) is 0 Å². The molecule has 24 heavy (non-hydrogen) atoms. The van der Waals surface area contributed by atoms with Crippen LogP contribution in [0, 0.1) is 10.1 Å². The molecule has 0 bridgehead atoms. The van der Waals surface area contributed by atoms with Gasteiger partial charge >= 0.3 is 0 Å². The number of nitro groups is 1. The highest BCUT2D eigenvalue weighted by Gasteiger charge is 2.16. The molecule has 0 atom stereocenters. The van der Waals surface area contributed by atoms with Gasteiger partial charge in [-0.1, -0.05) is 11.6 Å². The number of hydrogen-bond donors (Lipinski definition) is 2. The third-order valence-corrected chi connectivity index (χ3v) is 3.68. The molecule has 8 heteroatoms. The molecule has 1 heterocycles. The van der Waals surface area contributed by atoms with Crippen LogP contribution in [0.4, 0.5) is 17.1 Å². The van der Waals surface area contributed by atoms with Crippen molar-refractivity contribution < 1.29 is 9.72 Å². The number of nitrogen functional groups attached to an aromatic ring is 1. The van der Waals surface area contributed by atoms with Crippen molar-refractivity contribution in [3.8, 4) is 0 Å². The fraction of sp³-hybridized carbons (Fsp3) is 0. The lowest BCUT2D eigenvalue weighted by Gasteiger charge is -2.09. The molecule has 2 aromatic carbocycles. The smallest absolute Gasteiger partial charge is 0.292 e. The van der Waals surface area contributed by atoms with Crippen molar-refractivity contribution in [2.24, 2.45) is 0 Å². The van der Waals surface area contributed by atoms with Gasteiger partial charge in [-0.05, 0) is 36.4 Å². The molecular formula is C16H11ClN4O3. The van der Waals surface area contributed by atoms with Crippen molar-refractivity contribution in [2.75, 3.05) is 11.1 Å². The number of aromatic nitrogens is 1. The molecule has 0 saturated carbocycles. The second-order valence-corrected chi connectivity index (χ2v) is 5.44. The lowest BCUT2D eigenvalue weighted by Crippen LogP contribution is -2.13. The quantitative estimate of drug-likeness (QED) is 0.429. The monoisotopic (exact) mass is 342 g/mol. The van der Waals surface area contributed by atoms with Gasteiger partial charge in [0.15, 0.2) is 0 Å². The molecule has 0 radical (unpaired) electrons. The van der Waals surface area contributed by atoms with Crippen molar-refractivity contribution in [1.82, 2.24) is 4.98 Å². The summed E-state index contributed by atoms with van der Waals surface area (Å²) < 4.78 is 0. The van der Waals surface area contributed by atoms with Crippen LogP contribution in [-0.2, 0) is 0 Å². The number of halogens is 1. The number of nitro benzene ring substituents is 1. The Morgan fingerprint density at radius 3 is 2.75 bits per heavy atom. The summed E-state index contributed by atoms with van der Waals surface area (Å²) in [7, 11) is 0. The zero-order valence-electron chi connectivity index (χ0n) is 12.2. The number of carbonyl (C=O) groups is 1. The lowest BCUT2D eigenvalue weighted by molar-refractivity contribution is -0.383. The Labute approximate surface area is 141 Å². The third kappa shape index (κ3) is 2.97. The zero-order chi connectivity index (χ0) is 17.3. The first-order valence-electron chi connectivity index (χ1n) is 6.85. The molecule has 120 valence electrons. The van der Waals surface area contributed by atoms with Gasteiger partial charge in [-0.25, -0.2) is 0 Å². The number of anilines is 2. The SMILES string of the molecule is Nc1ccc(C(=O)Nc2ccnc3cc(Cl)ccc23)cc1[N+](=O)[O-]. The minimum atomic E-state index is -0.629. The third-order valence-electron chi connectivity index (χ3n) is 3.44. The van der Waals surface area contributed by atoms with E-state index in [-0.39, 0.29) is 16.9 Å². The van der Waals surface area contributed by atoms with Gasteiger partial charge in [0.1, 0.15) is 5.69 Å². The van der Waals surface area contributed by atoms with Crippen LogP contribution < -0.4 is 11.1 Å². The van der Waals surface area contributed by atoms with E-state index in [1.54, 1.807) is 30.5 Å². The van der Waals surface area contributed by atoms with Crippen LogP contribution in [0.25, 0.3) is 10.9 Å². The molecule has 1 amide bonds. The van der Waals surface area contributed by atoms with Gasteiger partial charge in [0.25, 0.3) is 11.6 Å². The molecule has 3 N–H and O–H groups in total. The highest BCUT2D eigenvalue weighted by atomic mass is 35.5. The Hall–Kier alpha value is -3.19. The van der Waals surface area contributed by atoms with Gasteiger partial charge in [-0.15, -0.1) is 0 Å². The van der Waals surface area contributed by atoms with Gasteiger partial charge < -0.3 is 11.1 Å². The van der Waals surface area contributed by atoms with Crippen LogP contribution in [0.15, 0.2) is 48.7 Å². The van der Waals surface area contributed by atoms with Crippen molar-refractivity contribution in [3.63, 3.8) is 0 Å². The van der Waals surface area contributed by atoms with Crippen LogP contribution >= 0.6 is 11.6 Å². The summed E-state index contributed by atoms with van der Waals surface area (Å²) in [5, 5.41) is 14.9. The molecule has 3 aromatic rings. The van der Waals surface area contributed by atoms with Gasteiger partial charge in [-0.3, -0.25) is 19.9 Å². The summed E-state index contributed by atoms with van der Waals surface area (Å²) >= 11 is 5.93. The summed E-state index contributed by atoms with van der Waals surface area (Å²) in [4.78, 5) is 26.9. The van der Waals surface area contributed by atoms with E-state index >= 15 is 0 Å². The van der Waals surface area contributed by atoms with E-state index in [4.69, 9.17) is 17.3 Å². The van der Waals surface area contributed by atoms with E-state index in [2.05, 4.69) is 10.3 Å². The predicted molar refractivity (Wildman–Crippen MR) is 92.2 cm³/mol. The number of hydrogen-bond acceptors (Lipinski definition) is 5. The number of benzene rings is 2. The van der Waals surface area contributed by atoms with Crippen LogP contribution in [0.5, 0.6) is 0 Å². The maximum atomic E-state index is 12.4. The summed E-state index contributed by atoms with van der Waals surface area (Å²) in [5.74, 6) is -0.486. The minimum absolute atomic E-state index is 0.000512. The number of pyridine rings is 1. The Morgan fingerprint density at radius 2 is 2.00 bits per heavy atom. The summed E-state index contributed by atoms with van der Waals surface area (Å²) in [6.45, 7) is 0. The fourth-order valence-corrected chi connectivity index (χ4v) is 2.43. The normalized spacial score (nSPS) is 10.5. The minimum Gasteiger partial charge on any atom is -0.393 e. The maximum Gasteiger partial charge on any atom is 0.292 e. The Kier molecular flexibility index (Phi) is 4.01. The number of carbonyl (C=O) groups excluding carboxylic acids is 1. The molecule has 0 aliphatic rings. The van der Waals surface area contributed by atoms with Crippen molar-refractivity contribution in [3.05, 3.63) is 69.4 Å². The van der Waals surface area contributed by atoms with Crippen LogP contribution in [0.1, 0.15) is 10.4 Å². The van der Waals surface area contributed by atoms with E-state index in [0.717, 1.165) is 6.07 Å². The highest BCUT2D eigenvalue weighted by molar-refractivity contribution is 6.31. The molecule has 0 saturated heterocycles. The molecule has 1 aromatic heterocycles. The first kappa shape index (κ1) is 15.7. The molecule has 7 nitrogen and oxygen atoms in total. The topological polar surface area (TPSA) is 111 Å². The lowest BCUT2D eigenvalue weighted by atomic mass is 10.1. The standard InChI is InChI=1S/C16H11ClN4O3/c17-10-2-3-11-13(5-6-19-14(11)8-10)20-16(22)9-1-4-12(18)15(7-9)21(23)24/h1-8H,18H2,(H,19,20,22).